The van der Waals surface area contributed by atoms with Crippen molar-refractivity contribution in [2.24, 2.45) is 0 Å². The van der Waals surface area contributed by atoms with Crippen molar-refractivity contribution in [3.05, 3.63) is 12.2 Å². The van der Waals surface area contributed by atoms with Gasteiger partial charge in [-0.1, -0.05) is 13.5 Å². The average molecular weight is 117 g/mol. The highest BCUT2D eigenvalue weighted by molar-refractivity contribution is 5.83. The molecule has 8 heavy (non-hydrogen) atoms. The van der Waals surface area contributed by atoms with Crippen LogP contribution in [-0.2, 0) is 4.79 Å². The van der Waals surface area contributed by atoms with E-state index >= 15 is 0 Å². The van der Waals surface area contributed by atoms with Gasteiger partial charge in [0.25, 0.3) is 0 Å². The van der Waals surface area contributed by atoms with Gasteiger partial charge >= 0.3 is 0 Å². The Labute approximate surface area is 48.6 Å². The monoisotopic (exact) mass is 117 g/mol. The molecule has 3 heteroatoms. The zero-order valence-electron chi connectivity index (χ0n) is 5.23. The molecular weight excluding hydrogens is 106 g/mol. The van der Waals surface area contributed by atoms with Gasteiger partial charge in [0.1, 0.15) is 0 Å². The van der Waals surface area contributed by atoms with E-state index in [0.29, 0.717) is 6.42 Å². The van der Waals surface area contributed by atoms with Gasteiger partial charge in [-0.15, -0.1) is 0 Å². The summed E-state index contributed by atoms with van der Waals surface area (Å²) in [6.07, 6.45) is 0.461. The van der Waals surface area contributed by atoms with Crippen LogP contribution >= 0.6 is 0 Å². The van der Waals surface area contributed by atoms with Gasteiger partial charge in [-0.2, -0.15) is 0 Å². The lowest BCUT2D eigenvalue weighted by molar-refractivity contribution is -0.299. The van der Waals surface area contributed by atoms with Gasteiger partial charge in [-0.25, -0.2) is 0 Å². The van der Waals surface area contributed by atoms with Crippen LogP contribution in [-0.4, -0.2) is 5.97 Å². The van der Waals surface area contributed by atoms with E-state index in [2.05, 4.69) is 6.58 Å². The van der Waals surface area contributed by atoms with E-state index < -0.39 is 5.97 Å². The van der Waals surface area contributed by atoms with Gasteiger partial charge in [0.15, 0.2) is 0 Å². The van der Waals surface area contributed by atoms with Crippen LogP contribution in [0.1, 0.15) is 13.3 Å². The number of carbonyl (C=O) groups is 1. The van der Waals surface area contributed by atoms with Crippen LogP contribution in [0.15, 0.2) is 12.2 Å². The second-order valence-corrected chi connectivity index (χ2v) is 1.24. The molecular formula is C5H11NO2. The quantitative estimate of drug-likeness (QED) is 0.520. The lowest BCUT2D eigenvalue weighted by Gasteiger charge is -1.98. The van der Waals surface area contributed by atoms with Crippen molar-refractivity contribution in [3.8, 4) is 0 Å². The fourth-order valence-corrected chi connectivity index (χ4v) is 0.144. The molecule has 0 aromatic heterocycles. The SMILES string of the molecule is C=C(CC)C(=O)[O-].[NH4+]. The third-order valence-electron chi connectivity index (χ3n) is 0.715. The summed E-state index contributed by atoms with van der Waals surface area (Å²) >= 11 is 0. The van der Waals surface area contributed by atoms with Gasteiger partial charge in [0.05, 0.1) is 5.97 Å². The molecule has 0 aliphatic rings. The van der Waals surface area contributed by atoms with Crippen molar-refractivity contribution in [1.29, 1.82) is 0 Å². The summed E-state index contributed by atoms with van der Waals surface area (Å²) in [5.41, 5.74) is 0.153. The van der Waals surface area contributed by atoms with Gasteiger partial charge in [-0.3, -0.25) is 0 Å². The molecule has 0 fully saturated rings. The fraction of sp³-hybridized carbons (Fsp3) is 0.400. The smallest absolute Gasteiger partial charge is 0.0668 e. The average Bonchev–Trinajstić information content (AvgIpc) is 1.65. The summed E-state index contributed by atoms with van der Waals surface area (Å²) < 4.78 is 0. The lowest BCUT2D eigenvalue weighted by atomic mass is 10.2. The van der Waals surface area contributed by atoms with Crippen molar-refractivity contribution >= 4 is 5.97 Å². The Hall–Kier alpha value is -0.830. The van der Waals surface area contributed by atoms with Crippen LogP contribution in [0.2, 0.25) is 0 Å². The van der Waals surface area contributed by atoms with Crippen molar-refractivity contribution in [1.82, 2.24) is 6.15 Å². The fourth-order valence-electron chi connectivity index (χ4n) is 0.144. The van der Waals surface area contributed by atoms with E-state index in [4.69, 9.17) is 0 Å². The molecule has 0 aliphatic carbocycles. The standard InChI is InChI=1S/C5H8O2.H3N/c1-3-4(2)5(6)7;/h2-3H2,1H3,(H,6,7);1H3. The van der Waals surface area contributed by atoms with Crippen molar-refractivity contribution in [3.63, 3.8) is 0 Å². The summed E-state index contributed by atoms with van der Waals surface area (Å²) in [7, 11) is 0. The van der Waals surface area contributed by atoms with E-state index in [0.717, 1.165) is 0 Å². The largest absolute Gasteiger partial charge is 0.545 e. The zero-order valence-corrected chi connectivity index (χ0v) is 5.23. The van der Waals surface area contributed by atoms with E-state index in [-0.39, 0.29) is 11.7 Å². The third-order valence-corrected chi connectivity index (χ3v) is 0.715. The molecule has 0 amide bonds. The lowest BCUT2D eigenvalue weighted by Crippen LogP contribution is -2.23. The number of quaternary nitrogens is 1. The van der Waals surface area contributed by atoms with E-state index in [1.165, 1.54) is 0 Å². The van der Waals surface area contributed by atoms with Crippen molar-refractivity contribution < 1.29 is 9.90 Å². The topological polar surface area (TPSA) is 76.6 Å². The predicted molar refractivity (Wildman–Crippen MR) is 30.4 cm³/mol. The molecule has 0 aromatic rings. The van der Waals surface area contributed by atoms with E-state index in [9.17, 15) is 9.90 Å². The molecule has 0 spiro atoms. The Kier molecular flexibility index (Phi) is 5.53. The molecule has 0 saturated heterocycles. The molecule has 0 aliphatic heterocycles. The number of aliphatic carboxylic acids is 1. The van der Waals surface area contributed by atoms with Crippen LogP contribution in [0.5, 0.6) is 0 Å². The molecule has 0 unspecified atom stereocenters. The van der Waals surface area contributed by atoms with Crippen LogP contribution in [0, 0.1) is 0 Å². The maximum absolute atomic E-state index is 9.72. The van der Waals surface area contributed by atoms with Gasteiger partial charge < -0.3 is 16.1 Å². The molecule has 0 rings (SSSR count). The first-order chi connectivity index (χ1) is 3.18. The van der Waals surface area contributed by atoms with Crippen LogP contribution in [0.4, 0.5) is 0 Å². The van der Waals surface area contributed by atoms with Gasteiger partial charge in [0.2, 0.25) is 0 Å². The van der Waals surface area contributed by atoms with Crippen molar-refractivity contribution in [2.45, 2.75) is 13.3 Å². The van der Waals surface area contributed by atoms with Crippen LogP contribution in [0.3, 0.4) is 0 Å². The highest BCUT2D eigenvalue weighted by atomic mass is 16.4. The minimum absolute atomic E-state index is 0. The molecule has 0 heterocycles. The van der Waals surface area contributed by atoms with E-state index in [1.807, 2.05) is 0 Å². The highest BCUT2D eigenvalue weighted by Crippen LogP contribution is 1.90. The molecule has 0 saturated carbocycles. The summed E-state index contributed by atoms with van der Waals surface area (Å²) in [6.45, 7) is 4.93. The first-order valence-corrected chi connectivity index (χ1v) is 2.07. The molecule has 0 bridgehead atoms. The first kappa shape index (κ1) is 10.2. The minimum atomic E-state index is -1.15. The Morgan fingerprint density at radius 1 is 1.75 bits per heavy atom. The Balaban J connectivity index is 0. The molecule has 0 radical (unpaired) electrons. The number of carboxylic acids is 1. The Bertz CT molecular complexity index is 98.6. The molecule has 3 nitrogen and oxygen atoms in total. The predicted octanol–water partition coefficient (Wildman–Crippen LogP) is 0.0787. The Morgan fingerprint density at radius 2 is 2.12 bits per heavy atom. The zero-order chi connectivity index (χ0) is 5.86. The maximum Gasteiger partial charge on any atom is 0.0668 e. The van der Waals surface area contributed by atoms with Crippen molar-refractivity contribution in [2.75, 3.05) is 0 Å². The first-order valence-electron chi connectivity index (χ1n) is 2.07. The summed E-state index contributed by atoms with van der Waals surface area (Å²) in [5, 5.41) is 9.72. The molecule has 4 N–H and O–H groups in total. The normalized spacial score (nSPS) is 7.12. The number of carboxylic acid groups (broad SMARTS) is 1. The highest BCUT2D eigenvalue weighted by Gasteiger charge is 1.84. The third kappa shape index (κ3) is 3.36. The number of hydrogen-bond donors (Lipinski definition) is 1. The second-order valence-electron chi connectivity index (χ2n) is 1.24. The second kappa shape index (κ2) is 4.33. The number of carbonyl (C=O) groups excluding carboxylic acids is 1. The Morgan fingerprint density at radius 3 is 2.12 bits per heavy atom. The molecule has 0 aromatic carbocycles. The van der Waals surface area contributed by atoms with Crippen LogP contribution < -0.4 is 11.3 Å². The number of hydrogen-bond acceptors (Lipinski definition) is 2. The molecule has 0 atom stereocenters. The van der Waals surface area contributed by atoms with Crippen LogP contribution in [0.25, 0.3) is 0 Å². The minimum Gasteiger partial charge on any atom is -0.545 e. The van der Waals surface area contributed by atoms with E-state index in [1.54, 1.807) is 6.92 Å². The summed E-state index contributed by atoms with van der Waals surface area (Å²) in [6, 6.07) is 0. The summed E-state index contributed by atoms with van der Waals surface area (Å²) in [4.78, 5) is 9.72. The molecule has 48 valence electrons. The van der Waals surface area contributed by atoms with Gasteiger partial charge in [-0.05, 0) is 12.0 Å². The summed E-state index contributed by atoms with van der Waals surface area (Å²) in [5.74, 6) is -1.15. The van der Waals surface area contributed by atoms with Gasteiger partial charge in [0, 0.05) is 0 Å². The number of rotatable bonds is 2. The maximum atomic E-state index is 9.72.